The van der Waals surface area contributed by atoms with E-state index >= 15 is 0 Å². The van der Waals surface area contributed by atoms with E-state index in [1.807, 2.05) is 28.8 Å². The minimum Gasteiger partial charge on any atom is -0.465 e. The third kappa shape index (κ3) is 4.69. The molecular weight excluding hydrogens is 344 g/mol. The number of carbonyl (C=O) groups excluding carboxylic acids is 2. The number of nitrogens with one attached hydrogen (secondary N) is 1. The molecule has 0 atom stereocenters. The van der Waals surface area contributed by atoms with Crippen molar-refractivity contribution in [2.24, 2.45) is 0 Å². The molecule has 0 unspecified atom stereocenters. The number of para-hydroxylation sites is 2. The number of rotatable bonds is 8. The molecule has 3 rings (SSSR count). The van der Waals surface area contributed by atoms with Gasteiger partial charge in [-0.05, 0) is 37.6 Å². The van der Waals surface area contributed by atoms with Gasteiger partial charge in [0.25, 0.3) is 5.91 Å². The number of amides is 1. The van der Waals surface area contributed by atoms with Crippen molar-refractivity contribution in [3.8, 4) is 0 Å². The van der Waals surface area contributed by atoms with E-state index in [-0.39, 0.29) is 18.4 Å². The molecule has 0 saturated carbocycles. The maximum absolute atomic E-state index is 12.0. The summed E-state index contributed by atoms with van der Waals surface area (Å²) in [5.41, 5.74) is 2.14. The Bertz CT molecular complexity index is 921. The molecule has 140 valence electrons. The van der Waals surface area contributed by atoms with Gasteiger partial charge >= 0.3 is 5.97 Å². The fourth-order valence-electron chi connectivity index (χ4n) is 2.86. The zero-order valence-electron chi connectivity index (χ0n) is 15.2. The van der Waals surface area contributed by atoms with Gasteiger partial charge in [-0.1, -0.05) is 18.2 Å². The van der Waals surface area contributed by atoms with Crippen LogP contribution in [0.3, 0.4) is 0 Å². The zero-order chi connectivity index (χ0) is 19.1. The summed E-state index contributed by atoms with van der Waals surface area (Å²) >= 11 is 0. The highest BCUT2D eigenvalue weighted by Crippen LogP contribution is 2.17. The molecule has 7 heteroatoms. The van der Waals surface area contributed by atoms with Crippen LogP contribution in [0.15, 0.2) is 48.7 Å². The van der Waals surface area contributed by atoms with E-state index in [9.17, 15) is 9.59 Å². The topological polar surface area (TPSA) is 86.1 Å². The molecule has 27 heavy (non-hydrogen) atoms. The molecule has 0 saturated heterocycles. The number of imidazole rings is 1. The zero-order valence-corrected chi connectivity index (χ0v) is 15.2. The summed E-state index contributed by atoms with van der Waals surface area (Å²) in [6.45, 7) is 2.76. The summed E-state index contributed by atoms with van der Waals surface area (Å²) in [7, 11) is 0. The lowest BCUT2D eigenvalue weighted by Gasteiger charge is -2.09. The quantitative estimate of drug-likeness (QED) is 0.489. The van der Waals surface area contributed by atoms with Crippen molar-refractivity contribution in [1.82, 2.24) is 19.9 Å². The Kier molecular flexibility index (Phi) is 6.14. The molecule has 0 spiro atoms. The van der Waals surface area contributed by atoms with E-state index in [4.69, 9.17) is 4.74 Å². The first-order valence-corrected chi connectivity index (χ1v) is 8.98. The van der Waals surface area contributed by atoms with Crippen LogP contribution in [-0.2, 0) is 22.5 Å². The predicted octanol–water partition coefficient (Wildman–Crippen LogP) is 2.36. The Morgan fingerprint density at radius 3 is 2.74 bits per heavy atom. The van der Waals surface area contributed by atoms with Crippen LogP contribution in [0.25, 0.3) is 11.0 Å². The van der Waals surface area contributed by atoms with Crippen molar-refractivity contribution >= 4 is 22.9 Å². The standard InChI is InChI=1S/C20H22N4O3/c1-2-27-19(25)14-24-17-10-4-3-8-15(17)23-18(24)11-7-13-22-20(26)16-9-5-6-12-21-16/h3-6,8-10,12H,2,7,11,13-14H2,1H3,(H,22,26). The molecule has 7 nitrogen and oxygen atoms in total. The Labute approximate surface area is 157 Å². The van der Waals surface area contributed by atoms with Gasteiger partial charge in [-0.15, -0.1) is 0 Å². The number of hydrogen-bond donors (Lipinski definition) is 1. The van der Waals surface area contributed by atoms with Gasteiger partial charge < -0.3 is 14.6 Å². The van der Waals surface area contributed by atoms with E-state index in [0.717, 1.165) is 16.9 Å². The molecule has 1 amide bonds. The second-order valence-electron chi connectivity index (χ2n) is 5.98. The minimum atomic E-state index is -0.287. The molecule has 0 radical (unpaired) electrons. The fourth-order valence-corrected chi connectivity index (χ4v) is 2.86. The van der Waals surface area contributed by atoms with Crippen LogP contribution in [0.5, 0.6) is 0 Å². The first kappa shape index (κ1) is 18.6. The van der Waals surface area contributed by atoms with Crippen LogP contribution in [0.4, 0.5) is 0 Å². The van der Waals surface area contributed by atoms with E-state index in [2.05, 4.69) is 15.3 Å². The molecule has 0 aliphatic carbocycles. The summed E-state index contributed by atoms with van der Waals surface area (Å²) in [5.74, 6) is 0.317. The highest BCUT2D eigenvalue weighted by Gasteiger charge is 2.14. The average molecular weight is 366 g/mol. The van der Waals surface area contributed by atoms with Crippen molar-refractivity contribution in [3.05, 3.63) is 60.2 Å². The Hall–Kier alpha value is -3.22. The molecule has 2 heterocycles. The fraction of sp³-hybridized carbons (Fsp3) is 0.300. The maximum Gasteiger partial charge on any atom is 0.326 e. The highest BCUT2D eigenvalue weighted by molar-refractivity contribution is 5.92. The first-order valence-electron chi connectivity index (χ1n) is 8.98. The van der Waals surface area contributed by atoms with Gasteiger partial charge in [-0.25, -0.2) is 4.98 Å². The largest absolute Gasteiger partial charge is 0.465 e. The van der Waals surface area contributed by atoms with Crippen molar-refractivity contribution in [2.75, 3.05) is 13.2 Å². The number of carbonyl (C=O) groups is 2. The van der Waals surface area contributed by atoms with E-state index in [0.29, 0.717) is 31.7 Å². The lowest BCUT2D eigenvalue weighted by molar-refractivity contribution is -0.143. The number of esters is 1. The third-order valence-electron chi connectivity index (χ3n) is 4.09. The maximum atomic E-state index is 12.0. The van der Waals surface area contributed by atoms with Crippen molar-refractivity contribution in [2.45, 2.75) is 26.3 Å². The summed E-state index contributed by atoms with van der Waals surface area (Å²) in [4.78, 5) is 32.6. The monoisotopic (exact) mass is 366 g/mol. The van der Waals surface area contributed by atoms with Crippen LogP contribution in [0.2, 0.25) is 0 Å². The van der Waals surface area contributed by atoms with Gasteiger partial charge in [0.05, 0.1) is 17.6 Å². The number of benzene rings is 1. The van der Waals surface area contributed by atoms with E-state index in [1.54, 1.807) is 31.3 Å². The molecule has 1 N–H and O–H groups in total. The molecule has 0 aliphatic rings. The van der Waals surface area contributed by atoms with Crippen molar-refractivity contribution in [1.29, 1.82) is 0 Å². The summed E-state index contributed by atoms with van der Waals surface area (Å²) in [6.07, 6.45) is 2.92. The van der Waals surface area contributed by atoms with Gasteiger partial charge in [0, 0.05) is 19.2 Å². The number of pyridine rings is 1. The van der Waals surface area contributed by atoms with Gasteiger partial charge in [0.15, 0.2) is 0 Å². The second-order valence-corrected chi connectivity index (χ2v) is 5.98. The molecule has 1 aromatic carbocycles. The van der Waals surface area contributed by atoms with Crippen molar-refractivity contribution < 1.29 is 14.3 Å². The third-order valence-corrected chi connectivity index (χ3v) is 4.09. The van der Waals surface area contributed by atoms with Crippen molar-refractivity contribution in [3.63, 3.8) is 0 Å². The summed E-state index contributed by atoms with van der Waals surface area (Å²) in [6, 6.07) is 12.9. The van der Waals surface area contributed by atoms with Gasteiger partial charge in [0.1, 0.15) is 18.1 Å². The number of ether oxygens (including phenoxy) is 1. The van der Waals surface area contributed by atoms with Crippen LogP contribution in [0, 0.1) is 0 Å². The van der Waals surface area contributed by atoms with Gasteiger partial charge in [-0.3, -0.25) is 14.6 Å². The molecule has 0 aliphatic heterocycles. The molecular formula is C20H22N4O3. The molecule has 0 fully saturated rings. The SMILES string of the molecule is CCOC(=O)Cn1c(CCCNC(=O)c2ccccn2)nc2ccccc21. The Morgan fingerprint density at radius 1 is 1.15 bits per heavy atom. The summed E-state index contributed by atoms with van der Waals surface area (Å²) in [5, 5.41) is 2.85. The normalized spacial score (nSPS) is 10.7. The number of hydrogen-bond acceptors (Lipinski definition) is 5. The predicted molar refractivity (Wildman–Crippen MR) is 101 cm³/mol. The number of aromatic nitrogens is 3. The van der Waals surface area contributed by atoms with E-state index < -0.39 is 0 Å². The van der Waals surface area contributed by atoms with Gasteiger partial charge in [-0.2, -0.15) is 0 Å². The number of aryl methyl sites for hydroxylation is 1. The Morgan fingerprint density at radius 2 is 1.96 bits per heavy atom. The second kappa shape index (κ2) is 8.93. The van der Waals surface area contributed by atoms with Crippen LogP contribution in [0.1, 0.15) is 29.7 Å². The lowest BCUT2D eigenvalue weighted by atomic mass is 10.2. The number of fused-ring (bicyclic) bond motifs is 1. The average Bonchev–Trinajstić information content (AvgIpc) is 3.03. The van der Waals surface area contributed by atoms with E-state index in [1.165, 1.54) is 0 Å². The first-order chi connectivity index (χ1) is 13.2. The highest BCUT2D eigenvalue weighted by atomic mass is 16.5. The van der Waals surface area contributed by atoms with Crippen LogP contribution >= 0.6 is 0 Å². The number of nitrogens with zero attached hydrogens (tertiary/aromatic N) is 3. The summed E-state index contributed by atoms with van der Waals surface area (Å²) < 4.78 is 6.96. The lowest BCUT2D eigenvalue weighted by Crippen LogP contribution is -2.26. The van der Waals surface area contributed by atoms with Gasteiger partial charge in [0.2, 0.25) is 0 Å². The molecule has 3 aromatic rings. The van der Waals surface area contributed by atoms with Crippen LogP contribution in [-0.4, -0.2) is 39.6 Å². The molecule has 0 bridgehead atoms. The van der Waals surface area contributed by atoms with Crippen LogP contribution < -0.4 is 5.32 Å². The Balaban J connectivity index is 1.64. The molecule has 2 aromatic heterocycles. The minimum absolute atomic E-state index is 0.129. The smallest absolute Gasteiger partial charge is 0.326 e.